The van der Waals surface area contributed by atoms with E-state index in [-0.39, 0.29) is 4.90 Å². The smallest absolute Gasteiger partial charge is 0.243 e. The van der Waals surface area contributed by atoms with Crippen LogP contribution >= 0.6 is 0 Å². The van der Waals surface area contributed by atoms with E-state index in [1.165, 1.54) is 13.2 Å². The number of hydrogen-bond acceptors (Lipinski definition) is 5. The number of pyridine rings is 1. The van der Waals surface area contributed by atoms with Gasteiger partial charge in [0, 0.05) is 25.4 Å². The van der Waals surface area contributed by atoms with Crippen molar-refractivity contribution in [1.29, 1.82) is 0 Å². The van der Waals surface area contributed by atoms with Gasteiger partial charge in [-0.3, -0.25) is 9.98 Å². The Morgan fingerprint density at radius 1 is 1.16 bits per heavy atom. The van der Waals surface area contributed by atoms with Crippen molar-refractivity contribution in [2.24, 2.45) is 4.99 Å². The monoisotopic (exact) mass is 359 g/mol. The molecule has 0 saturated carbocycles. The van der Waals surface area contributed by atoms with Crippen molar-refractivity contribution in [2.45, 2.75) is 24.2 Å². The van der Waals surface area contributed by atoms with Gasteiger partial charge < -0.3 is 4.74 Å². The molecule has 0 spiro atoms. The number of methoxy groups -OCH3 is 1. The summed E-state index contributed by atoms with van der Waals surface area (Å²) in [7, 11) is -1.98. The van der Waals surface area contributed by atoms with Crippen LogP contribution in [0.3, 0.4) is 0 Å². The number of piperidine rings is 1. The van der Waals surface area contributed by atoms with Gasteiger partial charge in [-0.15, -0.1) is 0 Å². The van der Waals surface area contributed by atoms with Crippen LogP contribution in [0.25, 0.3) is 0 Å². The lowest BCUT2D eigenvalue weighted by atomic mass is 10.2. The molecular formula is C18H21N3O3S. The van der Waals surface area contributed by atoms with Crippen LogP contribution in [0.1, 0.15) is 25.0 Å². The minimum absolute atomic E-state index is 0.239. The minimum atomic E-state index is -3.49. The molecule has 0 unspecified atom stereocenters. The van der Waals surface area contributed by atoms with Gasteiger partial charge in [0.05, 0.1) is 23.9 Å². The molecule has 7 heteroatoms. The highest BCUT2D eigenvalue weighted by molar-refractivity contribution is 7.89. The molecule has 0 N–H and O–H groups in total. The number of nitrogens with zero attached hydrogens (tertiary/aromatic N) is 3. The van der Waals surface area contributed by atoms with E-state index in [9.17, 15) is 8.42 Å². The van der Waals surface area contributed by atoms with E-state index in [1.807, 2.05) is 18.2 Å². The SMILES string of the molecule is COc1cc(S(=O)(=O)N2CCCCC2)ccc1N=Cc1ccccn1. The Morgan fingerprint density at radius 3 is 2.64 bits per heavy atom. The Morgan fingerprint density at radius 2 is 1.96 bits per heavy atom. The number of hydrogen-bond donors (Lipinski definition) is 0. The zero-order chi connectivity index (χ0) is 17.7. The molecule has 0 radical (unpaired) electrons. The first-order valence-electron chi connectivity index (χ1n) is 8.24. The molecule has 1 aromatic carbocycles. The molecule has 1 fully saturated rings. The molecule has 3 rings (SSSR count). The van der Waals surface area contributed by atoms with Crippen molar-refractivity contribution in [3.63, 3.8) is 0 Å². The van der Waals surface area contributed by atoms with Crippen molar-refractivity contribution in [1.82, 2.24) is 9.29 Å². The number of aromatic nitrogens is 1. The van der Waals surface area contributed by atoms with Crippen LogP contribution < -0.4 is 4.74 Å². The summed E-state index contributed by atoms with van der Waals surface area (Å²) >= 11 is 0. The highest BCUT2D eigenvalue weighted by Gasteiger charge is 2.26. The Balaban J connectivity index is 1.88. The molecule has 2 aromatic rings. The molecule has 1 aromatic heterocycles. The third kappa shape index (κ3) is 4.05. The van der Waals surface area contributed by atoms with Gasteiger partial charge in [0.1, 0.15) is 11.4 Å². The maximum Gasteiger partial charge on any atom is 0.243 e. The summed E-state index contributed by atoms with van der Waals surface area (Å²) in [5.74, 6) is 0.422. The normalized spacial score (nSPS) is 16.2. The van der Waals surface area contributed by atoms with Gasteiger partial charge in [-0.1, -0.05) is 12.5 Å². The summed E-state index contributed by atoms with van der Waals surface area (Å²) in [5.41, 5.74) is 1.28. The van der Waals surface area contributed by atoms with Gasteiger partial charge in [0.2, 0.25) is 10.0 Å². The molecule has 1 saturated heterocycles. The van der Waals surface area contributed by atoms with E-state index in [4.69, 9.17) is 4.74 Å². The number of sulfonamides is 1. The third-order valence-electron chi connectivity index (χ3n) is 4.13. The lowest BCUT2D eigenvalue weighted by molar-refractivity contribution is 0.346. The van der Waals surface area contributed by atoms with Crippen molar-refractivity contribution in [3.8, 4) is 5.75 Å². The summed E-state index contributed by atoms with van der Waals surface area (Å²) in [6.45, 7) is 1.15. The second-order valence-electron chi connectivity index (χ2n) is 5.81. The number of rotatable bonds is 5. The summed E-state index contributed by atoms with van der Waals surface area (Å²) in [5, 5.41) is 0. The van der Waals surface area contributed by atoms with Crippen LogP contribution in [0.5, 0.6) is 5.75 Å². The Bertz CT molecular complexity index is 845. The highest BCUT2D eigenvalue weighted by atomic mass is 32.2. The van der Waals surface area contributed by atoms with Crippen LogP contribution in [0, 0.1) is 0 Å². The van der Waals surface area contributed by atoms with Crippen LogP contribution in [-0.4, -0.2) is 44.1 Å². The predicted octanol–water partition coefficient (Wildman–Crippen LogP) is 3.02. The molecule has 0 aliphatic carbocycles. The van der Waals surface area contributed by atoms with Gasteiger partial charge in [-0.25, -0.2) is 8.42 Å². The molecule has 132 valence electrons. The molecule has 1 aliphatic heterocycles. The van der Waals surface area contributed by atoms with Crippen molar-refractivity contribution in [3.05, 3.63) is 48.3 Å². The summed E-state index contributed by atoms with van der Waals surface area (Å²) in [4.78, 5) is 8.78. The maximum absolute atomic E-state index is 12.8. The zero-order valence-electron chi connectivity index (χ0n) is 14.1. The van der Waals surface area contributed by atoms with Crippen LogP contribution in [0.2, 0.25) is 0 Å². The summed E-state index contributed by atoms with van der Waals surface area (Å²) in [6.07, 6.45) is 6.20. The minimum Gasteiger partial charge on any atom is -0.494 e. The molecule has 0 amide bonds. The Hall–Kier alpha value is -2.25. The Labute approximate surface area is 148 Å². The van der Waals surface area contributed by atoms with Gasteiger partial charge in [-0.2, -0.15) is 4.31 Å². The van der Waals surface area contributed by atoms with Gasteiger partial charge >= 0.3 is 0 Å². The fourth-order valence-corrected chi connectivity index (χ4v) is 4.30. The predicted molar refractivity (Wildman–Crippen MR) is 97.1 cm³/mol. The second-order valence-corrected chi connectivity index (χ2v) is 7.75. The standard InChI is InChI=1S/C18H21N3O3S/c1-24-18-13-16(25(22,23)21-11-5-2-6-12-21)8-9-17(18)20-14-15-7-3-4-10-19-15/h3-4,7-10,13-14H,2,5-6,11-12H2,1H3. The largest absolute Gasteiger partial charge is 0.494 e. The van der Waals surface area contributed by atoms with E-state index in [0.717, 1.165) is 25.0 Å². The van der Waals surface area contributed by atoms with Crippen molar-refractivity contribution in [2.75, 3.05) is 20.2 Å². The fourth-order valence-electron chi connectivity index (χ4n) is 2.77. The van der Waals surface area contributed by atoms with E-state index >= 15 is 0 Å². The van der Waals surface area contributed by atoms with Crippen LogP contribution in [-0.2, 0) is 10.0 Å². The average molecular weight is 359 g/mol. The summed E-state index contributed by atoms with van der Waals surface area (Å²) in [6, 6.07) is 10.3. The van der Waals surface area contributed by atoms with Gasteiger partial charge in [-0.05, 0) is 37.1 Å². The van der Waals surface area contributed by atoms with Crippen LogP contribution in [0.4, 0.5) is 5.69 Å². The van der Waals surface area contributed by atoms with Crippen LogP contribution in [0.15, 0.2) is 52.5 Å². The van der Waals surface area contributed by atoms with E-state index in [0.29, 0.717) is 24.5 Å². The first kappa shape index (κ1) is 17.6. The van der Waals surface area contributed by atoms with E-state index < -0.39 is 10.0 Å². The first-order chi connectivity index (χ1) is 12.1. The molecule has 6 nitrogen and oxygen atoms in total. The molecule has 0 bridgehead atoms. The highest BCUT2D eigenvalue weighted by Crippen LogP contribution is 2.31. The van der Waals surface area contributed by atoms with Crippen molar-refractivity contribution < 1.29 is 13.2 Å². The lowest BCUT2D eigenvalue weighted by Crippen LogP contribution is -2.35. The van der Waals surface area contributed by atoms with E-state index in [1.54, 1.807) is 28.8 Å². The molecule has 25 heavy (non-hydrogen) atoms. The average Bonchev–Trinajstić information content (AvgIpc) is 2.67. The second kappa shape index (κ2) is 7.76. The molecular weight excluding hydrogens is 338 g/mol. The third-order valence-corrected chi connectivity index (χ3v) is 6.02. The van der Waals surface area contributed by atoms with Crippen molar-refractivity contribution >= 4 is 21.9 Å². The zero-order valence-corrected chi connectivity index (χ0v) is 14.9. The fraction of sp³-hybridized carbons (Fsp3) is 0.333. The molecule has 1 aliphatic rings. The quantitative estimate of drug-likeness (QED) is 0.769. The lowest BCUT2D eigenvalue weighted by Gasteiger charge is -2.26. The maximum atomic E-state index is 12.8. The first-order valence-corrected chi connectivity index (χ1v) is 9.68. The molecule has 2 heterocycles. The Kier molecular flexibility index (Phi) is 5.45. The number of aliphatic imine (C=N–C) groups is 1. The van der Waals surface area contributed by atoms with Gasteiger partial charge in [0.15, 0.2) is 0 Å². The topological polar surface area (TPSA) is 71.9 Å². The number of benzene rings is 1. The molecule has 0 atom stereocenters. The summed E-state index contributed by atoms with van der Waals surface area (Å²) < 4.78 is 32.4. The van der Waals surface area contributed by atoms with E-state index in [2.05, 4.69) is 9.98 Å². The number of ether oxygens (including phenoxy) is 1. The van der Waals surface area contributed by atoms with Gasteiger partial charge in [0.25, 0.3) is 0 Å².